The summed E-state index contributed by atoms with van der Waals surface area (Å²) in [5.74, 6) is -0.968. The van der Waals surface area contributed by atoms with Crippen molar-refractivity contribution in [2.75, 3.05) is 6.54 Å². The Bertz CT molecular complexity index is 53.3. The van der Waals surface area contributed by atoms with Crippen molar-refractivity contribution >= 4 is 43.7 Å². The second-order valence-electron chi connectivity index (χ2n) is 0.598. The zero-order chi connectivity index (χ0) is 4.28. The van der Waals surface area contributed by atoms with Crippen LogP contribution in [0.15, 0.2) is 0 Å². The Labute approximate surface area is 98.5 Å². The molecule has 0 heterocycles. The van der Waals surface area contributed by atoms with Crippen molar-refractivity contribution in [3.8, 4) is 0 Å². The Morgan fingerprint density at radius 2 is 1.62 bits per heavy atom. The molecular weight excluding hydrogens is 270 g/mol. The van der Waals surface area contributed by atoms with Gasteiger partial charge in [0.2, 0.25) is 0 Å². The third-order valence-electron chi connectivity index (χ3n) is 0.175. The Hall–Kier alpha value is 1.65. The standard InChI is InChI=1S/C2H5NO2.2BrH.Ca/c3-1-2(4)5;;;/h1,3H2,(H,4,5);2*1H;/q;;;+2/p-2. The molecule has 0 aliphatic heterocycles. The van der Waals surface area contributed by atoms with E-state index in [2.05, 4.69) is 5.73 Å². The minimum Gasteiger partial charge on any atom is -1.00 e. The van der Waals surface area contributed by atoms with E-state index >= 15 is 0 Å². The second-order valence-corrected chi connectivity index (χ2v) is 0.598. The number of carboxylic acid groups (broad SMARTS) is 1. The summed E-state index contributed by atoms with van der Waals surface area (Å²) in [5.41, 5.74) is 4.57. The average molecular weight is 275 g/mol. The number of hydrogen-bond donors (Lipinski definition) is 2. The predicted molar refractivity (Wildman–Crippen MR) is 22.4 cm³/mol. The molecule has 3 nitrogen and oxygen atoms in total. The molecule has 3 N–H and O–H groups in total. The van der Waals surface area contributed by atoms with Crippen molar-refractivity contribution in [3.05, 3.63) is 0 Å². The van der Waals surface area contributed by atoms with Crippen LogP contribution in [0.5, 0.6) is 0 Å². The summed E-state index contributed by atoms with van der Waals surface area (Å²) in [6, 6.07) is 0. The van der Waals surface area contributed by atoms with Crippen LogP contribution in [0, 0.1) is 0 Å². The van der Waals surface area contributed by atoms with Crippen molar-refractivity contribution in [1.29, 1.82) is 0 Å². The van der Waals surface area contributed by atoms with Crippen LogP contribution < -0.4 is 39.7 Å². The first kappa shape index (κ1) is 22.6. The van der Waals surface area contributed by atoms with Gasteiger partial charge in [0, 0.05) is 0 Å². The molecule has 0 aliphatic carbocycles. The maximum Gasteiger partial charge on any atom is 2.00 e. The summed E-state index contributed by atoms with van der Waals surface area (Å²) in [7, 11) is 0. The number of rotatable bonds is 1. The SMILES string of the molecule is NCC(=O)O.[Br-].[Br-].[Ca+2]. The van der Waals surface area contributed by atoms with Crippen LogP contribution in [-0.4, -0.2) is 55.4 Å². The Balaban J connectivity index is -0.0000000267. The molecule has 46 valence electrons. The van der Waals surface area contributed by atoms with Crippen LogP contribution in [0.25, 0.3) is 0 Å². The minimum absolute atomic E-state index is 0. The second kappa shape index (κ2) is 15.9. The van der Waals surface area contributed by atoms with Crippen molar-refractivity contribution < 1.29 is 43.9 Å². The van der Waals surface area contributed by atoms with Gasteiger partial charge in [-0.1, -0.05) is 0 Å². The largest absolute Gasteiger partial charge is 2.00 e. The van der Waals surface area contributed by atoms with Gasteiger partial charge in [-0.25, -0.2) is 0 Å². The molecule has 0 fully saturated rings. The topological polar surface area (TPSA) is 63.3 Å². The first-order valence-electron chi connectivity index (χ1n) is 1.19. The van der Waals surface area contributed by atoms with E-state index in [1.54, 1.807) is 0 Å². The third-order valence-corrected chi connectivity index (χ3v) is 0.175. The number of carboxylic acids is 1. The van der Waals surface area contributed by atoms with Gasteiger partial charge in [-0.05, 0) is 0 Å². The van der Waals surface area contributed by atoms with E-state index in [-0.39, 0.29) is 78.2 Å². The van der Waals surface area contributed by atoms with Crippen LogP contribution in [0.3, 0.4) is 0 Å². The molecule has 6 heteroatoms. The molecule has 0 aromatic carbocycles. The molecule has 0 rings (SSSR count). The molecule has 0 aromatic rings. The molecule has 0 saturated carbocycles. The fourth-order valence-corrected chi connectivity index (χ4v) is 0. The zero-order valence-electron chi connectivity index (χ0n) is 4.10. The number of nitrogens with two attached hydrogens (primary N) is 1. The van der Waals surface area contributed by atoms with Crippen LogP contribution >= 0.6 is 0 Å². The molecule has 0 saturated heterocycles. The summed E-state index contributed by atoms with van der Waals surface area (Å²) < 4.78 is 0. The van der Waals surface area contributed by atoms with Crippen molar-refractivity contribution in [3.63, 3.8) is 0 Å². The van der Waals surface area contributed by atoms with Crippen molar-refractivity contribution in [2.24, 2.45) is 5.73 Å². The summed E-state index contributed by atoms with van der Waals surface area (Å²) in [6.07, 6.45) is 0. The fourth-order valence-electron chi connectivity index (χ4n) is 0. The van der Waals surface area contributed by atoms with Gasteiger partial charge in [-0.3, -0.25) is 4.79 Å². The average Bonchev–Trinajstić information content (AvgIpc) is 1.38. The van der Waals surface area contributed by atoms with Gasteiger partial charge in [0.1, 0.15) is 0 Å². The van der Waals surface area contributed by atoms with Gasteiger partial charge in [0.15, 0.2) is 0 Å². The Morgan fingerprint density at radius 1 is 1.50 bits per heavy atom. The van der Waals surface area contributed by atoms with Gasteiger partial charge in [-0.2, -0.15) is 0 Å². The monoisotopic (exact) mass is 273 g/mol. The van der Waals surface area contributed by atoms with E-state index < -0.39 is 5.97 Å². The van der Waals surface area contributed by atoms with Gasteiger partial charge >= 0.3 is 43.7 Å². The van der Waals surface area contributed by atoms with Crippen LogP contribution in [-0.2, 0) is 4.79 Å². The molecular formula is C2H5Br2CaNO2. The Kier molecular flexibility index (Phi) is 44.8. The summed E-state index contributed by atoms with van der Waals surface area (Å²) in [6.45, 7) is -0.278. The third kappa shape index (κ3) is 25.4. The van der Waals surface area contributed by atoms with Crippen molar-refractivity contribution in [2.45, 2.75) is 0 Å². The number of aliphatic carboxylic acids is 1. The molecule has 0 unspecified atom stereocenters. The first-order valence-corrected chi connectivity index (χ1v) is 1.19. The zero-order valence-corrected chi connectivity index (χ0v) is 9.48. The van der Waals surface area contributed by atoms with E-state index in [0.29, 0.717) is 0 Å². The van der Waals surface area contributed by atoms with E-state index in [1.165, 1.54) is 0 Å². The summed E-state index contributed by atoms with van der Waals surface area (Å²) in [5, 5.41) is 7.60. The molecule has 0 aliphatic rings. The Morgan fingerprint density at radius 3 is 1.62 bits per heavy atom. The minimum atomic E-state index is -0.968. The number of carbonyl (C=O) groups is 1. The number of halogens is 2. The van der Waals surface area contributed by atoms with Crippen molar-refractivity contribution in [1.82, 2.24) is 0 Å². The summed E-state index contributed by atoms with van der Waals surface area (Å²) >= 11 is 0. The van der Waals surface area contributed by atoms with Gasteiger partial charge in [0.25, 0.3) is 0 Å². The predicted octanol–water partition coefficient (Wildman–Crippen LogP) is -7.34. The molecule has 0 amide bonds. The smallest absolute Gasteiger partial charge is 1.00 e. The van der Waals surface area contributed by atoms with E-state index in [0.717, 1.165) is 0 Å². The fraction of sp³-hybridized carbons (Fsp3) is 0.500. The van der Waals surface area contributed by atoms with E-state index in [1.807, 2.05) is 0 Å². The molecule has 0 radical (unpaired) electrons. The van der Waals surface area contributed by atoms with Crippen LogP contribution in [0.1, 0.15) is 0 Å². The van der Waals surface area contributed by atoms with Crippen LogP contribution in [0.4, 0.5) is 0 Å². The van der Waals surface area contributed by atoms with Gasteiger partial charge in [0.05, 0.1) is 6.54 Å². The maximum atomic E-state index is 9.24. The molecule has 0 atom stereocenters. The quantitative estimate of drug-likeness (QED) is 0.467. The van der Waals surface area contributed by atoms with Crippen LogP contribution in [0.2, 0.25) is 0 Å². The molecule has 8 heavy (non-hydrogen) atoms. The van der Waals surface area contributed by atoms with E-state index in [4.69, 9.17) is 5.11 Å². The molecule has 0 spiro atoms. The van der Waals surface area contributed by atoms with E-state index in [9.17, 15) is 4.79 Å². The molecule has 0 aromatic heterocycles. The molecule has 0 bridgehead atoms. The normalized spacial score (nSPS) is 4.62. The van der Waals surface area contributed by atoms with Gasteiger partial charge in [-0.15, -0.1) is 0 Å². The van der Waals surface area contributed by atoms with Gasteiger partial charge < -0.3 is 44.8 Å². The maximum absolute atomic E-state index is 9.24. The summed E-state index contributed by atoms with van der Waals surface area (Å²) in [4.78, 5) is 9.24. The first-order chi connectivity index (χ1) is 2.27. The number of hydrogen-bond acceptors (Lipinski definition) is 2.